The average Bonchev–Trinajstić information content (AvgIpc) is 2.46. The van der Waals surface area contributed by atoms with Crippen molar-refractivity contribution in [3.05, 3.63) is 71.0 Å². The Balaban J connectivity index is 2.12. The van der Waals surface area contributed by atoms with Crippen molar-refractivity contribution in [3.63, 3.8) is 0 Å². The third-order valence-corrected chi connectivity index (χ3v) is 3.21. The van der Waals surface area contributed by atoms with E-state index in [-0.39, 0.29) is 6.42 Å². The second kappa shape index (κ2) is 6.85. The van der Waals surface area contributed by atoms with Gasteiger partial charge < -0.3 is 10.4 Å². The molecule has 5 heteroatoms. The first-order valence-electron chi connectivity index (χ1n) is 6.80. The fourth-order valence-corrected chi connectivity index (χ4v) is 2.13. The highest BCUT2D eigenvalue weighted by molar-refractivity contribution is 5.96. The molecule has 0 fully saturated rings. The molecule has 0 spiro atoms. The van der Waals surface area contributed by atoms with E-state index in [1.165, 1.54) is 18.2 Å². The Hall–Kier alpha value is -2.69. The van der Waals surface area contributed by atoms with E-state index in [4.69, 9.17) is 0 Å². The number of carbonyl (C=O) groups is 2. The number of benzene rings is 2. The van der Waals surface area contributed by atoms with Gasteiger partial charge in [0.15, 0.2) is 0 Å². The van der Waals surface area contributed by atoms with Gasteiger partial charge in [-0.05, 0) is 36.8 Å². The van der Waals surface area contributed by atoms with Gasteiger partial charge in [0.25, 0.3) is 5.91 Å². The van der Waals surface area contributed by atoms with Gasteiger partial charge in [-0.1, -0.05) is 29.8 Å². The number of hydrogen-bond acceptors (Lipinski definition) is 2. The summed E-state index contributed by atoms with van der Waals surface area (Å²) in [5, 5.41) is 11.7. The number of halogens is 1. The highest BCUT2D eigenvalue weighted by atomic mass is 19.1. The molecule has 0 saturated carbocycles. The van der Waals surface area contributed by atoms with Crippen LogP contribution in [0.1, 0.15) is 21.5 Å². The van der Waals surface area contributed by atoms with Crippen molar-refractivity contribution in [2.45, 2.75) is 19.4 Å². The minimum absolute atomic E-state index is 0.0185. The summed E-state index contributed by atoms with van der Waals surface area (Å²) in [6, 6.07) is 11.4. The summed E-state index contributed by atoms with van der Waals surface area (Å²) in [6.45, 7) is 1.85. The van der Waals surface area contributed by atoms with Crippen LogP contribution in [-0.2, 0) is 11.2 Å². The predicted molar refractivity (Wildman–Crippen MR) is 80.2 cm³/mol. The maximum Gasteiger partial charge on any atom is 0.326 e. The van der Waals surface area contributed by atoms with E-state index in [1.54, 1.807) is 24.3 Å². The Morgan fingerprint density at radius 3 is 2.55 bits per heavy atom. The molecule has 0 unspecified atom stereocenters. The summed E-state index contributed by atoms with van der Waals surface area (Å²) >= 11 is 0. The number of hydrogen-bond donors (Lipinski definition) is 2. The normalized spacial score (nSPS) is 11.7. The van der Waals surface area contributed by atoms with Crippen LogP contribution >= 0.6 is 0 Å². The quantitative estimate of drug-likeness (QED) is 0.892. The van der Waals surface area contributed by atoms with Crippen molar-refractivity contribution in [1.82, 2.24) is 5.32 Å². The van der Waals surface area contributed by atoms with Crippen LogP contribution in [0.25, 0.3) is 0 Å². The standard InChI is InChI=1S/C17H16FNO3/c1-11-4-2-6-13(8-11)16(20)19-15(17(21)22)10-12-5-3-7-14(18)9-12/h2-9,15H,10H2,1H3,(H,19,20)(H,21,22)/t15-/m0/s1. The lowest BCUT2D eigenvalue weighted by Crippen LogP contribution is -2.42. The number of carbonyl (C=O) groups excluding carboxylic acids is 1. The molecule has 2 N–H and O–H groups in total. The van der Waals surface area contributed by atoms with Crippen LogP contribution in [0, 0.1) is 12.7 Å². The largest absolute Gasteiger partial charge is 0.480 e. The summed E-state index contributed by atoms with van der Waals surface area (Å²) in [4.78, 5) is 23.4. The molecule has 0 aliphatic carbocycles. The third-order valence-electron chi connectivity index (χ3n) is 3.21. The molecule has 4 nitrogen and oxygen atoms in total. The number of nitrogens with one attached hydrogen (secondary N) is 1. The molecule has 0 aliphatic rings. The molecule has 114 valence electrons. The van der Waals surface area contributed by atoms with Crippen LogP contribution in [0.3, 0.4) is 0 Å². The SMILES string of the molecule is Cc1cccc(C(=O)N[C@@H](Cc2cccc(F)c2)C(=O)O)c1. The molecule has 0 saturated heterocycles. The van der Waals surface area contributed by atoms with Gasteiger partial charge in [-0.15, -0.1) is 0 Å². The second-order valence-corrected chi connectivity index (χ2v) is 5.07. The predicted octanol–water partition coefficient (Wildman–Crippen LogP) is 2.56. The molecule has 22 heavy (non-hydrogen) atoms. The first kappa shape index (κ1) is 15.7. The fourth-order valence-electron chi connectivity index (χ4n) is 2.13. The van der Waals surface area contributed by atoms with Gasteiger partial charge in [0.1, 0.15) is 11.9 Å². The molecule has 0 bridgehead atoms. The van der Waals surface area contributed by atoms with E-state index in [2.05, 4.69) is 5.32 Å². The number of carboxylic acid groups (broad SMARTS) is 1. The fraction of sp³-hybridized carbons (Fsp3) is 0.176. The van der Waals surface area contributed by atoms with Crippen LogP contribution in [0.15, 0.2) is 48.5 Å². The molecular weight excluding hydrogens is 285 g/mol. The van der Waals surface area contributed by atoms with Crippen molar-refractivity contribution in [2.24, 2.45) is 0 Å². The molecule has 2 aromatic rings. The van der Waals surface area contributed by atoms with Crippen molar-refractivity contribution < 1.29 is 19.1 Å². The van der Waals surface area contributed by atoms with Crippen molar-refractivity contribution >= 4 is 11.9 Å². The van der Waals surface area contributed by atoms with E-state index < -0.39 is 23.7 Å². The summed E-state index contributed by atoms with van der Waals surface area (Å²) < 4.78 is 13.2. The summed E-state index contributed by atoms with van der Waals surface area (Å²) in [5.74, 6) is -2.07. The Kier molecular flexibility index (Phi) is 4.88. The first-order chi connectivity index (χ1) is 10.5. The molecule has 0 heterocycles. The number of aliphatic carboxylic acids is 1. The van der Waals surface area contributed by atoms with Gasteiger partial charge in [0.2, 0.25) is 0 Å². The molecule has 2 rings (SSSR count). The monoisotopic (exact) mass is 301 g/mol. The molecule has 0 aromatic heterocycles. The lowest BCUT2D eigenvalue weighted by atomic mass is 10.0. The Labute approximate surface area is 127 Å². The smallest absolute Gasteiger partial charge is 0.326 e. The van der Waals surface area contributed by atoms with Crippen LogP contribution in [-0.4, -0.2) is 23.0 Å². The summed E-state index contributed by atoms with van der Waals surface area (Å²) in [5.41, 5.74) is 1.81. The number of amides is 1. The Morgan fingerprint density at radius 1 is 1.18 bits per heavy atom. The Bertz CT molecular complexity index is 700. The summed E-state index contributed by atoms with van der Waals surface area (Å²) in [7, 11) is 0. The lowest BCUT2D eigenvalue weighted by Gasteiger charge is -2.15. The van der Waals surface area contributed by atoms with Crippen molar-refractivity contribution in [3.8, 4) is 0 Å². The van der Waals surface area contributed by atoms with Gasteiger partial charge in [-0.3, -0.25) is 4.79 Å². The van der Waals surface area contributed by atoms with Gasteiger partial charge in [-0.2, -0.15) is 0 Å². The first-order valence-corrected chi connectivity index (χ1v) is 6.80. The van der Waals surface area contributed by atoms with Crippen LogP contribution < -0.4 is 5.32 Å². The molecule has 0 aliphatic heterocycles. The van der Waals surface area contributed by atoms with E-state index in [0.717, 1.165) is 5.56 Å². The molecule has 0 radical (unpaired) electrons. The van der Waals surface area contributed by atoms with Crippen LogP contribution in [0.2, 0.25) is 0 Å². The van der Waals surface area contributed by atoms with Crippen LogP contribution in [0.5, 0.6) is 0 Å². The van der Waals surface area contributed by atoms with E-state index in [0.29, 0.717) is 11.1 Å². The van der Waals surface area contributed by atoms with Crippen LogP contribution in [0.4, 0.5) is 4.39 Å². The third kappa shape index (κ3) is 4.15. The highest BCUT2D eigenvalue weighted by Crippen LogP contribution is 2.09. The van der Waals surface area contributed by atoms with Gasteiger partial charge in [0.05, 0.1) is 0 Å². The topological polar surface area (TPSA) is 66.4 Å². The lowest BCUT2D eigenvalue weighted by molar-refractivity contribution is -0.139. The maximum absolute atomic E-state index is 13.2. The van der Waals surface area contributed by atoms with E-state index in [1.807, 2.05) is 13.0 Å². The van der Waals surface area contributed by atoms with Crippen molar-refractivity contribution in [1.29, 1.82) is 0 Å². The maximum atomic E-state index is 13.2. The van der Waals surface area contributed by atoms with Gasteiger partial charge in [-0.25, -0.2) is 9.18 Å². The Morgan fingerprint density at radius 2 is 1.91 bits per heavy atom. The molecular formula is C17H16FNO3. The second-order valence-electron chi connectivity index (χ2n) is 5.07. The number of carboxylic acids is 1. The zero-order chi connectivity index (χ0) is 16.1. The average molecular weight is 301 g/mol. The molecule has 1 amide bonds. The molecule has 2 aromatic carbocycles. The van der Waals surface area contributed by atoms with Crippen molar-refractivity contribution in [2.75, 3.05) is 0 Å². The minimum Gasteiger partial charge on any atom is -0.480 e. The van der Waals surface area contributed by atoms with Gasteiger partial charge >= 0.3 is 5.97 Å². The van der Waals surface area contributed by atoms with E-state index >= 15 is 0 Å². The zero-order valence-electron chi connectivity index (χ0n) is 12.0. The summed E-state index contributed by atoms with van der Waals surface area (Å²) in [6.07, 6.45) is 0.0185. The zero-order valence-corrected chi connectivity index (χ0v) is 12.0. The molecule has 1 atom stereocenters. The minimum atomic E-state index is -1.16. The number of aryl methyl sites for hydroxylation is 1. The number of rotatable bonds is 5. The van der Waals surface area contributed by atoms with Gasteiger partial charge in [0, 0.05) is 12.0 Å². The highest BCUT2D eigenvalue weighted by Gasteiger charge is 2.21. The van der Waals surface area contributed by atoms with E-state index in [9.17, 15) is 19.1 Å².